The van der Waals surface area contributed by atoms with Crippen LogP contribution in [-0.4, -0.2) is 37.3 Å². The van der Waals surface area contributed by atoms with Crippen LogP contribution in [0.3, 0.4) is 0 Å². The molecule has 12 heteroatoms. The Morgan fingerprint density at radius 3 is 2.06 bits per heavy atom. The van der Waals surface area contributed by atoms with Crippen LogP contribution in [0.4, 0.5) is 5.69 Å². The predicted molar refractivity (Wildman–Crippen MR) is 115 cm³/mol. The molecule has 0 aliphatic rings. The highest BCUT2D eigenvalue weighted by molar-refractivity contribution is 7.52. The summed E-state index contributed by atoms with van der Waals surface area (Å²) >= 11 is 0. The maximum absolute atomic E-state index is 13.6. The molecular formula is C20H25N2O9P. The maximum Gasteiger partial charge on any atom is 0.513 e. The molecule has 1 N–H and O–H groups in total. The van der Waals surface area contributed by atoms with Gasteiger partial charge in [-0.25, -0.2) is 4.57 Å². The van der Waals surface area contributed by atoms with Gasteiger partial charge in [-0.05, 0) is 45.0 Å². The van der Waals surface area contributed by atoms with Crippen LogP contribution in [0.2, 0.25) is 0 Å². The van der Waals surface area contributed by atoms with Gasteiger partial charge in [-0.3, -0.25) is 14.9 Å². The number of nitro benzene ring substituents is 1. The number of esters is 1. The lowest BCUT2D eigenvalue weighted by molar-refractivity contribution is -0.384. The standard InChI is InChI=1S/C20H25N2O9P/c1-13(2)29-20(23)14(3)21-32(26,30-16-8-6-15(7-9-16)22(24)25)31-17-10-11-18(27-4)19(12-17)28-5/h6-14H,1-5H3,(H,21,26)/t14-,32?/m0/s1. The highest BCUT2D eigenvalue weighted by atomic mass is 31.2. The second-order valence-corrected chi connectivity index (χ2v) is 8.40. The fraction of sp³-hybridized carbons (Fsp3) is 0.350. The van der Waals surface area contributed by atoms with E-state index in [0.29, 0.717) is 11.5 Å². The van der Waals surface area contributed by atoms with Crippen LogP contribution in [-0.2, 0) is 14.1 Å². The Morgan fingerprint density at radius 1 is 0.969 bits per heavy atom. The van der Waals surface area contributed by atoms with Gasteiger partial charge in [0.25, 0.3) is 5.69 Å². The van der Waals surface area contributed by atoms with E-state index in [1.54, 1.807) is 19.9 Å². The quantitative estimate of drug-likeness (QED) is 0.222. The molecule has 2 rings (SSSR count). The number of non-ortho nitro benzene ring substituents is 1. The number of carbonyl (C=O) groups is 1. The van der Waals surface area contributed by atoms with Gasteiger partial charge >= 0.3 is 13.7 Å². The molecule has 0 radical (unpaired) electrons. The summed E-state index contributed by atoms with van der Waals surface area (Å²) in [6, 6.07) is 8.31. The lowest BCUT2D eigenvalue weighted by Crippen LogP contribution is -2.36. The SMILES string of the molecule is COc1ccc(OP(=O)(N[C@@H](C)C(=O)OC(C)C)Oc2ccc([N+](=O)[O-])cc2)cc1OC. The first-order valence-corrected chi connectivity index (χ1v) is 11.0. The van der Waals surface area contributed by atoms with Crippen molar-refractivity contribution < 1.29 is 37.5 Å². The van der Waals surface area contributed by atoms with Crippen LogP contribution < -0.4 is 23.6 Å². The van der Waals surface area contributed by atoms with Gasteiger partial charge in [0.05, 0.1) is 25.2 Å². The van der Waals surface area contributed by atoms with E-state index in [9.17, 15) is 19.5 Å². The number of methoxy groups -OCH3 is 2. The van der Waals surface area contributed by atoms with Crippen LogP contribution in [0.1, 0.15) is 20.8 Å². The molecule has 32 heavy (non-hydrogen) atoms. The normalized spacial score (nSPS) is 13.6. The maximum atomic E-state index is 13.6. The molecule has 0 amide bonds. The number of nitrogens with zero attached hydrogens (tertiary/aromatic N) is 1. The molecule has 1 unspecified atom stereocenters. The van der Waals surface area contributed by atoms with Gasteiger partial charge in [0.2, 0.25) is 0 Å². The van der Waals surface area contributed by atoms with Crippen LogP contribution in [0.15, 0.2) is 42.5 Å². The first-order valence-electron chi connectivity index (χ1n) is 9.51. The van der Waals surface area contributed by atoms with Gasteiger partial charge in [0.1, 0.15) is 17.5 Å². The zero-order valence-electron chi connectivity index (χ0n) is 18.3. The van der Waals surface area contributed by atoms with Crippen LogP contribution in [0.25, 0.3) is 0 Å². The minimum absolute atomic E-state index is 0.0244. The van der Waals surface area contributed by atoms with Crippen molar-refractivity contribution in [2.75, 3.05) is 14.2 Å². The Kier molecular flexibility index (Phi) is 8.45. The fourth-order valence-electron chi connectivity index (χ4n) is 2.48. The zero-order valence-corrected chi connectivity index (χ0v) is 19.2. The molecule has 0 saturated carbocycles. The monoisotopic (exact) mass is 468 g/mol. The van der Waals surface area contributed by atoms with E-state index in [-0.39, 0.29) is 23.3 Å². The number of carbonyl (C=O) groups excluding carboxylic acids is 1. The van der Waals surface area contributed by atoms with E-state index in [0.717, 1.165) is 0 Å². The lowest BCUT2D eigenvalue weighted by Gasteiger charge is -2.24. The second-order valence-electron chi connectivity index (χ2n) is 6.78. The van der Waals surface area contributed by atoms with Crippen molar-refractivity contribution in [2.45, 2.75) is 32.9 Å². The number of benzene rings is 2. The molecule has 174 valence electrons. The van der Waals surface area contributed by atoms with E-state index in [1.807, 2.05) is 0 Å². The van der Waals surface area contributed by atoms with Crippen molar-refractivity contribution in [2.24, 2.45) is 0 Å². The predicted octanol–water partition coefficient (Wildman–Crippen LogP) is 4.11. The van der Waals surface area contributed by atoms with Crippen LogP contribution in [0, 0.1) is 10.1 Å². The number of ether oxygens (including phenoxy) is 3. The van der Waals surface area contributed by atoms with Gasteiger partial charge in [-0.15, -0.1) is 0 Å². The molecule has 0 saturated heterocycles. The highest BCUT2D eigenvalue weighted by Gasteiger charge is 2.34. The smallest absolute Gasteiger partial charge is 0.493 e. The van der Waals surface area contributed by atoms with Crippen molar-refractivity contribution in [3.05, 3.63) is 52.6 Å². The summed E-state index contributed by atoms with van der Waals surface area (Å²) in [5.74, 6) is 0.205. The average molecular weight is 468 g/mol. The minimum atomic E-state index is -4.23. The van der Waals surface area contributed by atoms with Gasteiger partial charge in [-0.2, -0.15) is 5.09 Å². The molecule has 0 fully saturated rings. The first-order chi connectivity index (χ1) is 15.1. The molecule has 2 aromatic rings. The van der Waals surface area contributed by atoms with E-state index in [4.69, 9.17) is 23.3 Å². The summed E-state index contributed by atoms with van der Waals surface area (Å²) in [7, 11) is -1.34. The minimum Gasteiger partial charge on any atom is -0.493 e. The summed E-state index contributed by atoms with van der Waals surface area (Å²) in [6.45, 7) is 4.80. The van der Waals surface area contributed by atoms with Gasteiger partial charge in [0, 0.05) is 18.2 Å². The summed E-state index contributed by atoms with van der Waals surface area (Å²) in [6.07, 6.45) is -0.381. The first kappa shape index (κ1) is 25.0. The summed E-state index contributed by atoms with van der Waals surface area (Å²) < 4.78 is 40.2. The molecule has 2 atom stereocenters. The molecule has 0 bridgehead atoms. The fourth-order valence-corrected chi connectivity index (χ4v) is 3.99. The number of nitro groups is 1. The molecule has 0 aliphatic heterocycles. The van der Waals surface area contributed by atoms with Crippen molar-refractivity contribution in [1.29, 1.82) is 0 Å². The third kappa shape index (κ3) is 6.86. The van der Waals surface area contributed by atoms with E-state index in [2.05, 4.69) is 5.09 Å². The van der Waals surface area contributed by atoms with E-state index < -0.39 is 24.7 Å². The molecule has 0 heterocycles. The molecule has 2 aromatic carbocycles. The van der Waals surface area contributed by atoms with E-state index in [1.165, 1.54) is 57.5 Å². The topological polar surface area (TPSA) is 135 Å². The highest BCUT2D eigenvalue weighted by Crippen LogP contribution is 2.47. The second kappa shape index (κ2) is 10.8. The Balaban J connectivity index is 2.33. The summed E-state index contributed by atoms with van der Waals surface area (Å²) in [5.41, 5.74) is -0.171. The van der Waals surface area contributed by atoms with Gasteiger partial charge in [-0.1, -0.05) is 0 Å². The Bertz CT molecular complexity index is 995. The molecule has 0 spiro atoms. The molecular weight excluding hydrogens is 443 g/mol. The van der Waals surface area contributed by atoms with Crippen LogP contribution in [0.5, 0.6) is 23.0 Å². The van der Waals surface area contributed by atoms with Gasteiger partial charge < -0.3 is 23.3 Å². The molecule has 0 aliphatic carbocycles. The number of rotatable bonds is 11. The third-order valence-corrected chi connectivity index (χ3v) is 5.52. The molecule has 0 aromatic heterocycles. The molecule has 11 nitrogen and oxygen atoms in total. The van der Waals surface area contributed by atoms with Crippen molar-refractivity contribution in [3.8, 4) is 23.0 Å². The summed E-state index contributed by atoms with van der Waals surface area (Å²) in [5, 5.41) is 13.4. The van der Waals surface area contributed by atoms with Crippen molar-refractivity contribution in [3.63, 3.8) is 0 Å². The number of nitrogens with one attached hydrogen (secondary N) is 1. The average Bonchev–Trinajstić information content (AvgIpc) is 2.73. The number of hydrogen-bond acceptors (Lipinski definition) is 9. The zero-order chi connectivity index (χ0) is 23.9. The Hall–Kier alpha value is -3.30. The third-order valence-electron chi connectivity index (χ3n) is 3.91. The Labute approximate surface area is 185 Å². The largest absolute Gasteiger partial charge is 0.513 e. The van der Waals surface area contributed by atoms with Crippen molar-refractivity contribution in [1.82, 2.24) is 5.09 Å². The lowest BCUT2D eigenvalue weighted by atomic mass is 10.3. The van der Waals surface area contributed by atoms with E-state index >= 15 is 0 Å². The Morgan fingerprint density at radius 2 is 1.53 bits per heavy atom. The number of hydrogen-bond donors (Lipinski definition) is 1. The van der Waals surface area contributed by atoms with Crippen molar-refractivity contribution >= 4 is 19.4 Å². The van der Waals surface area contributed by atoms with Gasteiger partial charge in [0.15, 0.2) is 11.5 Å². The van der Waals surface area contributed by atoms with Crippen LogP contribution >= 0.6 is 7.75 Å². The summed E-state index contributed by atoms with van der Waals surface area (Å²) in [4.78, 5) is 22.5.